The summed E-state index contributed by atoms with van der Waals surface area (Å²) in [6.45, 7) is 3.90. The molecule has 0 spiro atoms. The SMILES string of the molecule is Cc1ccc(C)c(S(=O)(=O)NCCNC(=O)C2CC2)c1N. The summed E-state index contributed by atoms with van der Waals surface area (Å²) >= 11 is 0. The third kappa shape index (κ3) is 3.74. The molecule has 0 unspecified atom stereocenters. The maximum Gasteiger partial charge on any atom is 0.242 e. The van der Waals surface area contributed by atoms with Crippen LogP contribution in [-0.4, -0.2) is 27.4 Å². The lowest BCUT2D eigenvalue weighted by Gasteiger charge is -2.13. The van der Waals surface area contributed by atoms with Crippen LogP contribution in [-0.2, 0) is 14.8 Å². The molecule has 0 atom stereocenters. The number of anilines is 1. The lowest BCUT2D eigenvalue weighted by Crippen LogP contribution is -2.35. The highest BCUT2D eigenvalue weighted by Crippen LogP contribution is 2.28. The average molecular weight is 311 g/mol. The molecule has 1 aliphatic rings. The van der Waals surface area contributed by atoms with Gasteiger partial charge in [0.05, 0.1) is 5.69 Å². The number of sulfonamides is 1. The van der Waals surface area contributed by atoms with Gasteiger partial charge in [0.15, 0.2) is 0 Å². The van der Waals surface area contributed by atoms with Gasteiger partial charge in [-0.3, -0.25) is 4.79 Å². The zero-order valence-electron chi connectivity index (χ0n) is 12.3. The van der Waals surface area contributed by atoms with Gasteiger partial charge in [-0.15, -0.1) is 0 Å². The second kappa shape index (κ2) is 6.03. The molecule has 1 aliphatic carbocycles. The molecule has 1 amide bonds. The van der Waals surface area contributed by atoms with Crippen LogP contribution in [0, 0.1) is 19.8 Å². The summed E-state index contributed by atoms with van der Waals surface area (Å²) in [5.41, 5.74) is 7.48. The second-order valence-electron chi connectivity index (χ2n) is 5.41. The van der Waals surface area contributed by atoms with Gasteiger partial charge >= 0.3 is 0 Å². The first kappa shape index (κ1) is 15.8. The number of nitrogens with two attached hydrogens (primary N) is 1. The molecule has 6 nitrogen and oxygen atoms in total. The van der Waals surface area contributed by atoms with Crippen LogP contribution in [0.15, 0.2) is 17.0 Å². The van der Waals surface area contributed by atoms with Gasteiger partial charge in [0, 0.05) is 19.0 Å². The Kier molecular flexibility index (Phi) is 4.53. The van der Waals surface area contributed by atoms with Crippen molar-refractivity contribution in [3.05, 3.63) is 23.3 Å². The molecule has 0 aliphatic heterocycles. The number of aryl methyl sites for hydroxylation is 2. The lowest BCUT2D eigenvalue weighted by atomic mass is 10.1. The van der Waals surface area contributed by atoms with Crippen molar-refractivity contribution in [1.82, 2.24) is 10.0 Å². The van der Waals surface area contributed by atoms with Crippen LogP contribution >= 0.6 is 0 Å². The Labute approximate surface area is 125 Å². The molecule has 2 rings (SSSR count). The number of amides is 1. The van der Waals surface area contributed by atoms with Crippen molar-refractivity contribution in [1.29, 1.82) is 0 Å². The van der Waals surface area contributed by atoms with Gasteiger partial charge in [0.1, 0.15) is 4.90 Å². The largest absolute Gasteiger partial charge is 0.397 e. The number of benzene rings is 1. The smallest absolute Gasteiger partial charge is 0.242 e. The molecule has 0 radical (unpaired) electrons. The molecule has 0 heterocycles. The van der Waals surface area contributed by atoms with Gasteiger partial charge in [-0.25, -0.2) is 13.1 Å². The predicted molar refractivity (Wildman–Crippen MR) is 81.3 cm³/mol. The fourth-order valence-corrected chi connectivity index (χ4v) is 3.55. The van der Waals surface area contributed by atoms with Gasteiger partial charge in [-0.05, 0) is 37.8 Å². The van der Waals surface area contributed by atoms with Crippen LogP contribution < -0.4 is 15.8 Å². The van der Waals surface area contributed by atoms with Crippen molar-refractivity contribution in [2.24, 2.45) is 5.92 Å². The number of nitrogens with one attached hydrogen (secondary N) is 2. The quantitative estimate of drug-likeness (QED) is 0.531. The molecule has 0 aromatic heterocycles. The van der Waals surface area contributed by atoms with E-state index in [2.05, 4.69) is 10.0 Å². The minimum atomic E-state index is -3.67. The Morgan fingerprint density at radius 2 is 1.86 bits per heavy atom. The molecule has 7 heteroatoms. The summed E-state index contributed by atoms with van der Waals surface area (Å²) in [7, 11) is -3.67. The third-order valence-corrected chi connectivity index (χ3v) is 5.21. The number of carbonyl (C=O) groups is 1. The second-order valence-corrected chi connectivity index (χ2v) is 7.11. The molecule has 1 fully saturated rings. The van der Waals surface area contributed by atoms with Crippen LogP contribution in [0.25, 0.3) is 0 Å². The van der Waals surface area contributed by atoms with Crippen LogP contribution in [0.2, 0.25) is 0 Å². The number of hydrogen-bond donors (Lipinski definition) is 3. The van der Waals surface area contributed by atoms with E-state index in [1.54, 1.807) is 26.0 Å². The summed E-state index contributed by atoms with van der Waals surface area (Å²) < 4.78 is 27.1. The van der Waals surface area contributed by atoms with Crippen molar-refractivity contribution in [3.63, 3.8) is 0 Å². The van der Waals surface area contributed by atoms with Gasteiger partial charge in [0.2, 0.25) is 15.9 Å². The molecule has 116 valence electrons. The highest BCUT2D eigenvalue weighted by atomic mass is 32.2. The first-order valence-electron chi connectivity index (χ1n) is 6.96. The molecule has 1 aromatic carbocycles. The van der Waals surface area contributed by atoms with Crippen LogP contribution in [0.1, 0.15) is 24.0 Å². The van der Waals surface area contributed by atoms with E-state index >= 15 is 0 Å². The minimum absolute atomic E-state index is 0.000415. The lowest BCUT2D eigenvalue weighted by molar-refractivity contribution is -0.122. The number of carbonyl (C=O) groups excluding carboxylic acids is 1. The fourth-order valence-electron chi connectivity index (χ4n) is 2.10. The molecular formula is C14H21N3O3S. The van der Waals surface area contributed by atoms with E-state index in [9.17, 15) is 13.2 Å². The summed E-state index contributed by atoms with van der Waals surface area (Å²) in [4.78, 5) is 11.6. The van der Waals surface area contributed by atoms with Gasteiger partial charge in [-0.1, -0.05) is 12.1 Å². The Balaban J connectivity index is 1.98. The fraction of sp³-hybridized carbons (Fsp3) is 0.500. The first-order chi connectivity index (χ1) is 9.83. The topological polar surface area (TPSA) is 101 Å². The normalized spacial score (nSPS) is 15.0. The van der Waals surface area contributed by atoms with E-state index in [1.807, 2.05) is 0 Å². The molecule has 0 bridgehead atoms. The highest BCUT2D eigenvalue weighted by Gasteiger charge is 2.29. The number of nitrogen functional groups attached to an aromatic ring is 1. The molecular weight excluding hydrogens is 290 g/mol. The van der Waals surface area contributed by atoms with E-state index in [4.69, 9.17) is 5.73 Å². The van der Waals surface area contributed by atoms with Crippen molar-refractivity contribution in [3.8, 4) is 0 Å². The van der Waals surface area contributed by atoms with Gasteiger partial charge < -0.3 is 11.1 Å². The minimum Gasteiger partial charge on any atom is -0.397 e. The third-order valence-electron chi connectivity index (χ3n) is 3.54. The summed E-state index contributed by atoms with van der Waals surface area (Å²) in [6.07, 6.45) is 1.85. The van der Waals surface area contributed by atoms with Crippen LogP contribution in [0.3, 0.4) is 0 Å². The highest BCUT2D eigenvalue weighted by molar-refractivity contribution is 7.89. The molecule has 1 aromatic rings. The first-order valence-corrected chi connectivity index (χ1v) is 8.44. The van der Waals surface area contributed by atoms with E-state index in [0.717, 1.165) is 18.4 Å². The maximum atomic E-state index is 12.3. The zero-order chi connectivity index (χ0) is 15.6. The summed E-state index contributed by atoms with van der Waals surface area (Å²) in [6, 6.07) is 3.52. The average Bonchev–Trinajstić information content (AvgIpc) is 3.23. The van der Waals surface area contributed by atoms with Crippen molar-refractivity contribution in [2.45, 2.75) is 31.6 Å². The Bertz CT molecular complexity index is 652. The van der Waals surface area contributed by atoms with E-state index in [0.29, 0.717) is 5.56 Å². The van der Waals surface area contributed by atoms with E-state index in [1.165, 1.54) is 0 Å². The van der Waals surface area contributed by atoms with Crippen molar-refractivity contribution >= 4 is 21.6 Å². The van der Waals surface area contributed by atoms with Crippen LogP contribution in [0.4, 0.5) is 5.69 Å². The molecule has 21 heavy (non-hydrogen) atoms. The molecule has 1 saturated carbocycles. The van der Waals surface area contributed by atoms with E-state index in [-0.39, 0.29) is 35.5 Å². The Hall–Kier alpha value is -1.60. The van der Waals surface area contributed by atoms with Gasteiger partial charge in [-0.2, -0.15) is 0 Å². The Morgan fingerprint density at radius 1 is 1.24 bits per heavy atom. The predicted octanol–water partition coefficient (Wildman–Crippen LogP) is 0.690. The van der Waals surface area contributed by atoms with Crippen LogP contribution in [0.5, 0.6) is 0 Å². The standard InChI is InChI=1S/C14H21N3O3S/c1-9-3-4-10(2)13(12(9)15)21(19,20)17-8-7-16-14(18)11-5-6-11/h3-4,11,17H,5-8,15H2,1-2H3,(H,16,18). The van der Waals surface area contributed by atoms with Gasteiger partial charge in [0.25, 0.3) is 0 Å². The molecule has 0 saturated heterocycles. The zero-order valence-corrected chi connectivity index (χ0v) is 13.1. The van der Waals surface area contributed by atoms with Crippen molar-refractivity contribution in [2.75, 3.05) is 18.8 Å². The maximum absolute atomic E-state index is 12.3. The monoisotopic (exact) mass is 311 g/mol. The summed E-state index contributed by atoms with van der Waals surface area (Å²) in [5.74, 6) is 0.122. The number of hydrogen-bond acceptors (Lipinski definition) is 4. The van der Waals surface area contributed by atoms with E-state index < -0.39 is 10.0 Å². The molecule has 4 N–H and O–H groups in total. The summed E-state index contributed by atoms with van der Waals surface area (Å²) in [5, 5.41) is 2.71. The van der Waals surface area contributed by atoms with Crippen molar-refractivity contribution < 1.29 is 13.2 Å². The Morgan fingerprint density at radius 3 is 2.48 bits per heavy atom. The number of rotatable bonds is 6.